The molecular weight excluding hydrogens is 530 g/mol. The summed E-state index contributed by atoms with van der Waals surface area (Å²) in [6.45, 7) is 1.91. The third kappa shape index (κ3) is 4.38. The third-order valence-electron chi connectivity index (χ3n) is 5.68. The van der Waals surface area contributed by atoms with Crippen LogP contribution < -0.4 is 0 Å². The number of aromatic nitrogens is 6. The van der Waals surface area contributed by atoms with Crippen LogP contribution in [0.2, 0.25) is 0 Å². The summed E-state index contributed by atoms with van der Waals surface area (Å²) in [5.74, 6) is 1.38. The van der Waals surface area contributed by atoms with Gasteiger partial charge in [-0.25, -0.2) is 18.4 Å². The van der Waals surface area contributed by atoms with Crippen LogP contribution in [-0.4, -0.2) is 49.1 Å². The Balaban J connectivity index is 1.61. The van der Waals surface area contributed by atoms with Gasteiger partial charge in [0.1, 0.15) is 0 Å². The van der Waals surface area contributed by atoms with E-state index >= 15 is 0 Å². The topological polar surface area (TPSA) is 98.8 Å². The number of sulfonamides is 1. The van der Waals surface area contributed by atoms with Gasteiger partial charge < -0.3 is 4.57 Å². The summed E-state index contributed by atoms with van der Waals surface area (Å²) >= 11 is 3.43. The summed E-state index contributed by atoms with van der Waals surface area (Å²) in [5, 5.41) is 4.71. The van der Waals surface area contributed by atoms with E-state index < -0.39 is 10.0 Å². The number of hydrogen-bond donors (Lipinski definition) is 0. The minimum absolute atomic E-state index is 0.00610. The maximum Gasteiger partial charge on any atom is 0.243 e. The first kappa shape index (κ1) is 23.3. The summed E-state index contributed by atoms with van der Waals surface area (Å²) < 4.78 is 32.1. The standard InChI is InChI=1S/C24H22BrN7O2S/c1-16-8-10-19(11-9-16)35(33,34)30(2)15-22-28-23(17-12-18(25)14-26-13-17)29-32(22)24-27-20-6-4-5-7-21(20)31(24)3/h4-14H,15H2,1-3H3. The molecule has 0 amide bonds. The van der Waals surface area contributed by atoms with Gasteiger partial charge in [-0.2, -0.15) is 8.99 Å². The first-order valence-electron chi connectivity index (χ1n) is 10.8. The molecule has 0 N–H and O–H groups in total. The highest BCUT2D eigenvalue weighted by atomic mass is 79.9. The number of halogens is 1. The van der Waals surface area contributed by atoms with Gasteiger partial charge in [0.05, 0.1) is 22.5 Å². The molecule has 2 aromatic carbocycles. The lowest BCUT2D eigenvalue weighted by molar-refractivity contribution is 0.450. The molecule has 11 heteroatoms. The number of rotatable bonds is 6. The number of nitrogens with zero attached hydrogens (tertiary/aromatic N) is 7. The average Bonchev–Trinajstić information content (AvgIpc) is 3.40. The molecule has 0 spiro atoms. The van der Waals surface area contributed by atoms with Crippen molar-refractivity contribution in [3.05, 3.63) is 82.9 Å². The quantitative estimate of drug-likeness (QED) is 0.315. The van der Waals surface area contributed by atoms with E-state index in [1.54, 1.807) is 41.3 Å². The second-order valence-corrected chi connectivity index (χ2v) is 11.1. The van der Waals surface area contributed by atoms with Crippen LogP contribution in [0.3, 0.4) is 0 Å². The fourth-order valence-corrected chi connectivity index (χ4v) is 5.25. The summed E-state index contributed by atoms with van der Waals surface area (Å²) in [5.41, 5.74) is 3.41. The van der Waals surface area contributed by atoms with Crippen molar-refractivity contribution in [2.45, 2.75) is 18.4 Å². The highest BCUT2D eigenvalue weighted by Gasteiger charge is 2.25. The van der Waals surface area contributed by atoms with Crippen molar-refractivity contribution >= 4 is 37.0 Å². The molecule has 0 atom stereocenters. The molecule has 0 unspecified atom stereocenters. The van der Waals surface area contributed by atoms with Gasteiger partial charge in [-0.1, -0.05) is 29.8 Å². The van der Waals surface area contributed by atoms with Crippen LogP contribution in [0.5, 0.6) is 0 Å². The lowest BCUT2D eigenvalue weighted by atomic mass is 10.2. The van der Waals surface area contributed by atoms with E-state index in [0.29, 0.717) is 23.2 Å². The Morgan fingerprint density at radius 3 is 2.49 bits per heavy atom. The van der Waals surface area contributed by atoms with Gasteiger partial charge in [0.25, 0.3) is 0 Å². The van der Waals surface area contributed by atoms with Crippen molar-refractivity contribution in [1.29, 1.82) is 0 Å². The highest BCUT2D eigenvalue weighted by Crippen LogP contribution is 2.24. The van der Waals surface area contributed by atoms with Crippen molar-refractivity contribution in [2.75, 3.05) is 7.05 Å². The monoisotopic (exact) mass is 551 g/mol. The zero-order valence-electron chi connectivity index (χ0n) is 19.3. The molecule has 0 fully saturated rings. The van der Waals surface area contributed by atoms with Crippen LogP contribution in [0.1, 0.15) is 11.4 Å². The van der Waals surface area contributed by atoms with Crippen LogP contribution in [0.25, 0.3) is 28.4 Å². The number of pyridine rings is 1. The van der Waals surface area contributed by atoms with Gasteiger partial charge >= 0.3 is 0 Å². The SMILES string of the molecule is Cc1ccc(S(=O)(=O)N(C)Cc2nc(-c3cncc(Br)c3)nn2-c2nc3ccccc3n2C)cc1. The van der Waals surface area contributed by atoms with E-state index in [1.165, 1.54) is 11.4 Å². The lowest BCUT2D eigenvalue weighted by Crippen LogP contribution is -2.28. The largest absolute Gasteiger partial charge is 0.311 e. The van der Waals surface area contributed by atoms with Crippen molar-refractivity contribution in [1.82, 2.24) is 33.6 Å². The normalized spacial score (nSPS) is 12.0. The van der Waals surface area contributed by atoms with E-state index in [-0.39, 0.29) is 11.4 Å². The summed E-state index contributed by atoms with van der Waals surface area (Å²) in [7, 11) is -0.321. The molecule has 9 nitrogen and oxygen atoms in total. The molecule has 35 heavy (non-hydrogen) atoms. The predicted octanol–water partition coefficient (Wildman–Crippen LogP) is 4.11. The Hall–Kier alpha value is -3.41. The van der Waals surface area contributed by atoms with E-state index in [0.717, 1.165) is 21.1 Å². The van der Waals surface area contributed by atoms with Crippen LogP contribution in [0.4, 0.5) is 0 Å². The van der Waals surface area contributed by atoms with Crippen molar-refractivity contribution < 1.29 is 8.42 Å². The molecule has 0 saturated carbocycles. The molecule has 0 bridgehead atoms. The third-order valence-corrected chi connectivity index (χ3v) is 7.93. The summed E-state index contributed by atoms with van der Waals surface area (Å²) in [6, 6.07) is 16.4. The van der Waals surface area contributed by atoms with Crippen molar-refractivity contribution in [3.63, 3.8) is 0 Å². The first-order valence-corrected chi connectivity index (χ1v) is 13.0. The van der Waals surface area contributed by atoms with Gasteiger partial charge in [-0.15, -0.1) is 5.10 Å². The number of benzene rings is 2. The smallest absolute Gasteiger partial charge is 0.243 e. The molecular formula is C24H22BrN7O2S. The second-order valence-electron chi connectivity index (χ2n) is 8.19. The molecule has 0 aliphatic heterocycles. The number of hydrogen-bond acceptors (Lipinski definition) is 6. The summed E-state index contributed by atoms with van der Waals surface area (Å²) in [4.78, 5) is 13.9. The molecule has 3 aromatic heterocycles. The number of fused-ring (bicyclic) bond motifs is 1. The Labute approximate surface area is 211 Å². The van der Waals surface area contributed by atoms with Crippen molar-refractivity contribution in [2.24, 2.45) is 7.05 Å². The second kappa shape index (κ2) is 8.99. The van der Waals surface area contributed by atoms with E-state index in [2.05, 4.69) is 20.9 Å². The molecule has 0 radical (unpaired) electrons. The molecule has 0 saturated heterocycles. The minimum Gasteiger partial charge on any atom is -0.311 e. The lowest BCUT2D eigenvalue weighted by Gasteiger charge is -2.17. The van der Waals surface area contributed by atoms with Gasteiger partial charge in [0.15, 0.2) is 11.6 Å². The molecule has 5 aromatic rings. The zero-order valence-corrected chi connectivity index (χ0v) is 21.7. The fraction of sp³-hybridized carbons (Fsp3) is 0.167. The Morgan fingerprint density at radius 2 is 1.77 bits per heavy atom. The Morgan fingerprint density at radius 1 is 1.03 bits per heavy atom. The van der Waals surface area contributed by atoms with Crippen LogP contribution in [-0.2, 0) is 23.6 Å². The minimum atomic E-state index is -3.74. The fourth-order valence-electron chi connectivity index (χ4n) is 3.76. The number of imidazole rings is 1. The molecule has 3 heterocycles. The molecule has 5 rings (SSSR count). The van der Waals surface area contributed by atoms with E-state index in [1.807, 2.05) is 48.9 Å². The summed E-state index contributed by atoms with van der Waals surface area (Å²) in [6.07, 6.45) is 3.34. The number of para-hydroxylation sites is 2. The Kier molecular flexibility index (Phi) is 5.99. The van der Waals surface area contributed by atoms with Crippen LogP contribution >= 0.6 is 15.9 Å². The number of aryl methyl sites for hydroxylation is 2. The molecule has 178 valence electrons. The first-order chi connectivity index (χ1) is 16.7. The average molecular weight is 552 g/mol. The Bertz CT molecular complexity index is 1640. The van der Waals surface area contributed by atoms with Crippen LogP contribution in [0.15, 0.2) is 76.4 Å². The van der Waals surface area contributed by atoms with Gasteiger partial charge in [0.2, 0.25) is 16.0 Å². The van der Waals surface area contributed by atoms with Gasteiger partial charge in [-0.05, 0) is 53.2 Å². The maximum atomic E-state index is 13.3. The predicted molar refractivity (Wildman–Crippen MR) is 136 cm³/mol. The van der Waals surface area contributed by atoms with Gasteiger partial charge in [0, 0.05) is 36.5 Å². The molecule has 0 aliphatic rings. The maximum absolute atomic E-state index is 13.3. The van der Waals surface area contributed by atoms with Crippen molar-refractivity contribution in [3.8, 4) is 17.3 Å². The highest BCUT2D eigenvalue weighted by molar-refractivity contribution is 9.10. The van der Waals surface area contributed by atoms with Gasteiger partial charge in [-0.3, -0.25) is 4.98 Å². The molecule has 0 aliphatic carbocycles. The zero-order chi connectivity index (χ0) is 24.7. The van der Waals surface area contributed by atoms with Crippen LogP contribution in [0, 0.1) is 6.92 Å². The van der Waals surface area contributed by atoms with E-state index in [9.17, 15) is 8.42 Å². The van der Waals surface area contributed by atoms with E-state index in [4.69, 9.17) is 15.1 Å².